The van der Waals surface area contributed by atoms with E-state index >= 15 is 0 Å². The number of nitrogens with zero attached hydrogens (tertiary/aromatic N) is 1. The first-order valence-electron chi connectivity index (χ1n) is 5.91. The van der Waals surface area contributed by atoms with E-state index in [0.29, 0.717) is 6.42 Å². The van der Waals surface area contributed by atoms with Crippen LogP contribution in [0.1, 0.15) is 27.2 Å². The Labute approximate surface area is 119 Å². The van der Waals surface area contributed by atoms with Crippen molar-refractivity contribution in [2.24, 2.45) is 5.41 Å². The van der Waals surface area contributed by atoms with Crippen molar-refractivity contribution in [1.82, 2.24) is 9.71 Å². The first kappa shape index (κ1) is 16.4. The van der Waals surface area contributed by atoms with Crippen molar-refractivity contribution in [2.75, 3.05) is 6.61 Å². The van der Waals surface area contributed by atoms with E-state index in [0.717, 1.165) is 0 Å². The summed E-state index contributed by atoms with van der Waals surface area (Å²) in [6.45, 7) is 5.65. The number of aliphatic hydroxyl groups is 1. The highest BCUT2D eigenvalue weighted by atomic mass is 35.5. The predicted octanol–water partition coefficient (Wildman–Crippen LogP) is 1.81. The van der Waals surface area contributed by atoms with Gasteiger partial charge in [-0.2, -0.15) is 0 Å². The summed E-state index contributed by atoms with van der Waals surface area (Å²) in [5, 5.41) is 9.17. The second-order valence-electron chi connectivity index (χ2n) is 5.37. The number of nitrogens with one attached hydrogen (secondary N) is 1. The lowest BCUT2D eigenvalue weighted by Crippen LogP contribution is -2.44. The molecular weight excluding hydrogens is 288 g/mol. The standard InChI is InChI=1S/C12H19ClN2O3S/c1-12(2,3)10(5-7-16)15-19(17,18)9-4-6-14-11(13)8-9/h4,6,8,10,15-16H,5,7H2,1-3H3. The second kappa shape index (κ2) is 6.17. The van der Waals surface area contributed by atoms with Crippen molar-refractivity contribution in [1.29, 1.82) is 0 Å². The number of hydrogen-bond donors (Lipinski definition) is 2. The molecule has 0 amide bonds. The fraction of sp³-hybridized carbons (Fsp3) is 0.583. The summed E-state index contributed by atoms with van der Waals surface area (Å²) in [5.41, 5.74) is -0.299. The van der Waals surface area contributed by atoms with Gasteiger partial charge < -0.3 is 5.11 Å². The van der Waals surface area contributed by atoms with Crippen LogP contribution in [0, 0.1) is 5.41 Å². The predicted molar refractivity (Wildman–Crippen MR) is 74.5 cm³/mol. The molecule has 1 aromatic heterocycles. The maximum Gasteiger partial charge on any atom is 0.241 e. The van der Waals surface area contributed by atoms with Crippen LogP contribution in [0.2, 0.25) is 5.15 Å². The Kier molecular flexibility index (Phi) is 5.32. The topological polar surface area (TPSA) is 79.3 Å². The van der Waals surface area contributed by atoms with Crippen LogP contribution < -0.4 is 4.72 Å². The van der Waals surface area contributed by atoms with E-state index in [9.17, 15) is 8.42 Å². The van der Waals surface area contributed by atoms with Crippen LogP contribution >= 0.6 is 11.6 Å². The zero-order valence-corrected chi connectivity index (χ0v) is 12.8. The molecule has 1 rings (SSSR count). The van der Waals surface area contributed by atoms with Crippen LogP contribution in [-0.2, 0) is 10.0 Å². The third kappa shape index (κ3) is 4.72. The number of hydrogen-bond acceptors (Lipinski definition) is 4. The minimum Gasteiger partial charge on any atom is -0.396 e. The molecule has 0 saturated heterocycles. The fourth-order valence-corrected chi connectivity index (χ4v) is 3.33. The highest BCUT2D eigenvalue weighted by Gasteiger charge is 2.29. The van der Waals surface area contributed by atoms with Gasteiger partial charge in [0.05, 0.1) is 4.90 Å². The van der Waals surface area contributed by atoms with Crippen molar-refractivity contribution in [3.8, 4) is 0 Å². The van der Waals surface area contributed by atoms with E-state index < -0.39 is 10.0 Å². The SMILES string of the molecule is CC(C)(C)C(CCO)NS(=O)(=O)c1ccnc(Cl)c1. The summed E-state index contributed by atoms with van der Waals surface area (Å²) >= 11 is 5.70. The number of halogens is 1. The molecule has 0 aliphatic heterocycles. The van der Waals surface area contributed by atoms with E-state index in [1.807, 2.05) is 20.8 Å². The van der Waals surface area contributed by atoms with Crippen molar-refractivity contribution in [3.05, 3.63) is 23.5 Å². The van der Waals surface area contributed by atoms with E-state index in [2.05, 4.69) is 9.71 Å². The highest BCUT2D eigenvalue weighted by Crippen LogP contribution is 2.24. The third-order valence-corrected chi connectivity index (χ3v) is 4.44. The van der Waals surface area contributed by atoms with Gasteiger partial charge in [0.25, 0.3) is 0 Å². The first-order valence-corrected chi connectivity index (χ1v) is 7.77. The molecule has 1 heterocycles. The van der Waals surface area contributed by atoms with Gasteiger partial charge in [-0.25, -0.2) is 18.1 Å². The molecular formula is C12H19ClN2O3S. The highest BCUT2D eigenvalue weighted by molar-refractivity contribution is 7.89. The van der Waals surface area contributed by atoms with Crippen LogP contribution in [0.15, 0.2) is 23.2 Å². The summed E-state index contributed by atoms with van der Waals surface area (Å²) in [7, 11) is -3.67. The van der Waals surface area contributed by atoms with E-state index in [1.54, 1.807) is 0 Å². The molecule has 0 bridgehead atoms. The Balaban J connectivity index is 3.01. The number of aliphatic hydroxyl groups excluding tert-OH is 1. The quantitative estimate of drug-likeness (QED) is 0.813. The Bertz CT molecular complexity index is 526. The Morgan fingerprint density at radius 2 is 2.11 bits per heavy atom. The largest absolute Gasteiger partial charge is 0.396 e. The summed E-state index contributed by atoms with van der Waals surface area (Å²) in [6, 6.07) is 2.31. The molecule has 19 heavy (non-hydrogen) atoms. The molecule has 1 unspecified atom stereocenters. The molecule has 1 atom stereocenters. The Morgan fingerprint density at radius 1 is 1.47 bits per heavy atom. The van der Waals surface area contributed by atoms with Gasteiger partial charge in [0.15, 0.2) is 0 Å². The van der Waals surface area contributed by atoms with Crippen LogP contribution in [-0.4, -0.2) is 31.2 Å². The molecule has 7 heteroatoms. The molecule has 2 N–H and O–H groups in total. The Hall–Kier alpha value is -0.690. The summed E-state index contributed by atoms with van der Waals surface area (Å²) in [6.07, 6.45) is 1.69. The second-order valence-corrected chi connectivity index (χ2v) is 7.47. The average molecular weight is 307 g/mol. The zero-order valence-electron chi connectivity index (χ0n) is 11.2. The molecule has 0 aromatic carbocycles. The van der Waals surface area contributed by atoms with Gasteiger partial charge in [0.2, 0.25) is 10.0 Å². The normalized spacial score (nSPS) is 14.4. The number of rotatable bonds is 5. The molecule has 0 saturated carbocycles. The van der Waals surface area contributed by atoms with Gasteiger partial charge in [-0.1, -0.05) is 32.4 Å². The van der Waals surface area contributed by atoms with E-state index in [4.69, 9.17) is 16.7 Å². The van der Waals surface area contributed by atoms with Crippen molar-refractivity contribution in [2.45, 2.75) is 38.1 Å². The van der Waals surface area contributed by atoms with Crippen LogP contribution in [0.3, 0.4) is 0 Å². The average Bonchev–Trinajstić information content (AvgIpc) is 2.27. The molecule has 0 fully saturated rings. The molecule has 1 aromatic rings. The monoisotopic (exact) mass is 306 g/mol. The van der Waals surface area contributed by atoms with Gasteiger partial charge in [0, 0.05) is 18.8 Å². The van der Waals surface area contributed by atoms with Crippen molar-refractivity contribution in [3.63, 3.8) is 0 Å². The summed E-state index contributed by atoms with van der Waals surface area (Å²) in [4.78, 5) is 3.82. The fourth-order valence-electron chi connectivity index (χ4n) is 1.60. The molecule has 0 aliphatic carbocycles. The zero-order chi connectivity index (χ0) is 14.7. The van der Waals surface area contributed by atoms with Crippen molar-refractivity contribution < 1.29 is 13.5 Å². The maximum absolute atomic E-state index is 12.2. The maximum atomic E-state index is 12.2. The smallest absolute Gasteiger partial charge is 0.241 e. The summed E-state index contributed by atoms with van der Waals surface area (Å²) in [5.74, 6) is 0. The van der Waals surface area contributed by atoms with E-state index in [1.165, 1.54) is 18.3 Å². The lowest BCUT2D eigenvalue weighted by Gasteiger charge is -2.30. The number of aromatic nitrogens is 1. The number of pyridine rings is 1. The minimum atomic E-state index is -3.67. The van der Waals surface area contributed by atoms with Gasteiger partial charge in [0.1, 0.15) is 5.15 Å². The summed E-state index contributed by atoms with van der Waals surface area (Å²) < 4.78 is 27.1. The molecule has 0 spiro atoms. The lowest BCUT2D eigenvalue weighted by molar-refractivity contribution is 0.214. The molecule has 0 aliphatic rings. The molecule has 5 nitrogen and oxygen atoms in total. The van der Waals surface area contributed by atoms with Crippen molar-refractivity contribution >= 4 is 21.6 Å². The molecule has 108 valence electrons. The van der Waals surface area contributed by atoms with Gasteiger partial charge in [-0.15, -0.1) is 0 Å². The van der Waals surface area contributed by atoms with Gasteiger partial charge in [-0.3, -0.25) is 0 Å². The van der Waals surface area contributed by atoms with Gasteiger partial charge in [-0.05, 0) is 24.0 Å². The first-order chi connectivity index (χ1) is 8.66. The third-order valence-electron chi connectivity index (χ3n) is 2.77. The minimum absolute atomic E-state index is 0.0692. The van der Waals surface area contributed by atoms with Crippen LogP contribution in [0.25, 0.3) is 0 Å². The van der Waals surface area contributed by atoms with Crippen LogP contribution in [0.5, 0.6) is 0 Å². The lowest BCUT2D eigenvalue weighted by atomic mass is 9.86. The Morgan fingerprint density at radius 3 is 2.58 bits per heavy atom. The molecule has 0 radical (unpaired) electrons. The van der Waals surface area contributed by atoms with Crippen LogP contribution in [0.4, 0.5) is 0 Å². The van der Waals surface area contributed by atoms with Gasteiger partial charge >= 0.3 is 0 Å². The number of sulfonamides is 1. The van der Waals surface area contributed by atoms with E-state index in [-0.39, 0.29) is 28.1 Å².